The van der Waals surface area contributed by atoms with Gasteiger partial charge in [0.15, 0.2) is 5.96 Å². The van der Waals surface area contributed by atoms with E-state index in [9.17, 15) is 4.79 Å². The molecular weight excluding hydrogens is 439 g/mol. The monoisotopic (exact) mass is 478 g/mol. The number of nitrogens with zero attached hydrogens (tertiary/aromatic N) is 2. The zero-order valence-corrected chi connectivity index (χ0v) is 19.5. The number of hydrogen-bond donors (Lipinski definition) is 2. The quantitative estimate of drug-likeness (QED) is 0.265. The third kappa shape index (κ3) is 8.01. The molecule has 6 heteroatoms. The molecule has 2 rings (SSSR count). The zero-order valence-electron chi connectivity index (χ0n) is 17.1. The molecule has 2 fully saturated rings. The molecule has 2 N–H and O–H groups in total. The Kier molecular flexibility index (Phi) is 10.3. The molecule has 1 aliphatic heterocycles. The van der Waals surface area contributed by atoms with Crippen molar-refractivity contribution in [1.29, 1.82) is 0 Å². The van der Waals surface area contributed by atoms with Gasteiger partial charge >= 0.3 is 0 Å². The van der Waals surface area contributed by atoms with Gasteiger partial charge in [0.05, 0.1) is 0 Å². The van der Waals surface area contributed by atoms with E-state index >= 15 is 0 Å². The van der Waals surface area contributed by atoms with E-state index in [0.29, 0.717) is 23.3 Å². The number of amides is 1. The molecule has 1 heterocycles. The van der Waals surface area contributed by atoms with Crippen molar-refractivity contribution >= 4 is 35.8 Å². The van der Waals surface area contributed by atoms with Crippen molar-refractivity contribution < 1.29 is 4.79 Å². The summed E-state index contributed by atoms with van der Waals surface area (Å²) >= 11 is 0. The van der Waals surface area contributed by atoms with E-state index < -0.39 is 0 Å². The maximum Gasteiger partial charge on any atom is 0.225 e. The number of guanidine groups is 1. The summed E-state index contributed by atoms with van der Waals surface area (Å²) in [7, 11) is 1.82. The summed E-state index contributed by atoms with van der Waals surface area (Å²) in [6.07, 6.45) is 9.28. The molecule has 0 radical (unpaired) electrons. The first-order chi connectivity index (χ1) is 11.9. The second-order valence-corrected chi connectivity index (χ2v) is 8.91. The fraction of sp³-hybridized carbons (Fsp3) is 0.900. The average Bonchev–Trinajstić information content (AvgIpc) is 3.23. The van der Waals surface area contributed by atoms with E-state index in [1.165, 1.54) is 25.7 Å². The van der Waals surface area contributed by atoms with Crippen LogP contribution in [-0.2, 0) is 4.79 Å². The number of carbonyl (C=O) groups is 1. The molecule has 1 amide bonds. The lowest BCUT2D eigenvalue weighted by Gasteiger charge is -2.21. The van der Waals surface area contributed by atoms with E-state index in [-0.39, 0.29) is 24.0 Å². The summed E-state index contributed by atoms with van der Waals surface area (Å²) in [4.78, 5) is 18.9. The molecule has 5 nitrogen and oxygen atoms in total. The van der Waals surface area contributed by atoms with Crippen LogP contribution in [0.4, 0.5) is 0 Å². The topological polar surface area (TPSA) is 56.7 Å². The van der Waals surface area contributed by atoms with Crippen LogP contribution in [0.2, 0.25) is 0 Å². The number of rotatable bonds is 6. The Balaban J connectivity index is 0.00000338. The average molecular weight is 478 g/mol. The highest BCUT2D eigenvalue weighted by molar-refractivity contribution is 14.0. The van der Waals surface area contributed by atoms with Crippen LogP contribution >= 0.6 is 24.0 Å². The van der Waals surface area contributed by atoms with Crippen LogP contribution in [-0.4, -0.2) is 49.5 Å². The first-order valence-electron chi connectivity index (χ1n) is 10.1. The third-order valence-electron chi connectivity index (χ3n) is 5.41. The SMILES string of the molecule is CN=C(NCCCCC(C)(C)C)NC1CCN(C(=O)C2CCCC2)C1.I. The third-order valence-corrected chi connectivity index (χ3v) is 5.41. The van der Waals surface area contributed by atoms with Gasteiger partial charge < -0.3 is 15.5 Å². The van der Waals surface area contributed by atoms with Crippen LogP contribution in [0.15, 0.2) is 4.99 Å². The van der Waals surface area contributed by atoms with Crippen molar-refractivity contribution in [3.05, 3.63) is 0 Å². The smallest absolute Gasteiger partial charge is 0.225 e. The number of carbonyl (C=O) groups excluding carboxylic acids is 1. The highest BCUT2D eigenvalue weighted by atomic mass is 127. The first kappa shape index (κ1) is 23.5. The number of hydrogen-bond acceptors (Lipinski definition) is 2. The molecule has 26 heavy (non-hydrogen) atoms. The van der Waals surface area contributed by atoms with Crippen LogP contribution in [0.1, 0.15) is 72.1 Å². The molecule has 1 aliphatic carbocycles. The van der Waals surface area contributed by atoms with Gasteiger partial charge in [-0.1, -0.05) is 40.0 Å². The predicted molar refractivity (Wildman–Crippen MR) is 120 cm³/mol. The second kappa shape index (κ2) is 11.3. The molecule has 1 atom stereocenters. The standard InChI is InChI=1S/C20H38N4O.HI/c1-20(2,3)12-7-8-13-22-19(21-4)23-17-11-14-24(15-17)18(25)16-9-5-6-10-16;/h16-17H,5-15H2,1-4H3,(H2,21,22,23);1H. The lowest BCUT2D eigenvalue weighted by atomic mass is 9.90. The van der Waals surface area contributed by atoms with Crippen molar-refractivity contribution in [2.75, 3.05) is 26.7 Å². The van der Waals surface area contributed by atoms with Gasteiger partial charge in [-0.05, 0) is 37.5 Å². The Morgan fingerprint density at radius 3 is 2.46 bits per heavy atom. The predicted octanol–water partition coefficient (Wildman–Crippen LogP) is 3.78. The molecular formula is C20H39IN4O. The maximum absolute atomic E-state index is 12.5. The van der Waals surface area contributed by atoms with Crippen molar-refractivity contribution in [1.82, 2.24) is 15.5 Å². The molecule has 0 aromatic rings. The Bertz CT molecular complexity index is 455. The summed E-state index contributed by atoms with van der Waals surface area (Å²) in [5, 5.41) is 6.91. The van der Waals surface area contributed by atoms with E-state index in [1.807, 2.05) is 7.05 Å². The molecule has 152 valence electrons. The lowest BCUT2D eigenvalue weighted by Crippen LogP contribution is -2.45. The van der Waals surface area contributed by atoms with Gasteiger partial charge in [-0.25, -0.2) is 0 Å². The van der Waals surface area contributed by atoms with Crippen molar-refractivity contribution in [3.63, 3.8) is 0 Å². The van der Waals surface area contributed by atoms with Crippen LogP contribution in [0.3, 0.4) is 0 Å². The first-order valence-corrected chi connectivity index (χ1v) is 10.1. The fourth-order valence-corrected chi connectivity index (χ4v) is 3.88. The second-order valence-electron chi connectivity index (χ2n) is 8.91. The van der Waals surface area contributed by atoms with Gasteiger partial charge in [0.2, 0.25) is 5.91 Å². The number of halogens is 1. The Labute approximate surface area is 177 Å². The normalized spacial score (nSPS) is 21.6. The largest absolute Gasteiger partial charge is 0.356 e. The van der Waals surface area contributed by atoms with Gasteiger partial charge in [-0.3, -0.25) is 9.79 Å². The molecule has 1 unspecified atom stereocenters. The minimum absolute atomic E-state index is 0. The molecule has 0 aromatic carbocycles. The fourth-order valence-electron chi connectivity index (χ4n) is 3.88. The number of nitrogens with one attached hydrogen (secondary N) is 2. The van der Waals surface area contributed by atoms with Gasteiger partial charge in [0, 0.05) is 38.6 Å². The van der Waals surface area contributed by atoms with Crippen molar-refractivity contribution in [2.45, 2.75) is 78.2 Å². The maximum atomic E-state index is 12.5. The Hall–Kier alpha value is -0.530. The highest BCUT2D eigenvalue weighted by Crippen LogP contribution is 2.27. The van der Waals surface area contributed by atoms with E-state index in [2.05, 4.69) is 41.3 Å². The zero-order chi connectivity index (χ0) is 18.3. The van der Waals surface area contributed by atoms with E-state index in [1.54, 1.807) is 0 Å². The summed E-state index contributed by atoms with van der Waals surface area (Å²) in [5.41, 5.74) is 0.416. The highest BCUT2D eigenvalue weighted by Gasteiger charge is 2.32. The molecule has 0 aromatic heterocycles. The van der Waals surface area contributed by atoms with Gasteiger partial charge in [-0.15, -0.1) is 24.0 Å². The summed E-state index contributed by atoms with van der Waals surface area (Å²) in [5.74, 6) is 1.54. The van der Waals surface area contributed by atoms with Crippen molar-refractivity contribution in [3.8, 4) is 0 Å². The van der Waals surface area contributed by atoms with Crippen LogP contribution in [0, 0.1) is 11.3 Å². The number of likely N-dealkylation sites (tertiary alicyclic amines) is 1. The van der Waals surface area contributed by atoms with Crippen LogP contribution in [0.25, 0.3) is 0 Å². The van der Waals surface area contributed by atoms with Crippen LogP contribution < -0.4 is 10.6 Å². The molecule has 1 saturated carbocycles. The summed E-state index contributed by atoms with van der Waals surface area (Å²) < 4.78 is 0. The number of aliphatic imine (C=N–C) groups is 1. The Morgan fingerprint density at radius 2 is 1.85 bits per heavy atom. The van der Waals surface area contributed by atoms with E-state index in [0.717, 1.165) is 51.3 Å². The van der Waals surface area contributed by atoms with Gasteiger partial charge in [0.25, 0.3) is 0 Å². The molecule has 0 bridgehead atoms. The minimum Gasteiger partial charge on any atom is -0.356 e. The lowest BCUT2D eigenvalue weighted by molar-refractivity contribution is -0.134. The minimum atomic E-state index is 0. The molecule has 2 aliphatic rings. The Morgan fingerprint density at radius 1 is 1.15 bits per heavy atom. The molecule has 0 spiro atoms. The van der Waals surface area contributed by atoms with E-state index in [4.69, 9.17) is 0 Å². The van der Waals surface area contributed by atoms with Crippen molar-refractivity contribution in [2.24, 2.45) is 16.3 Å². The van der Waals surface area contributed by atoms with Gasteiger partial charge in [0.1, 0.15) is 0 Å². The van der Waals surface area contributed by atoms with Crippen LogP contribution in [0.5, 0.6) is 0 Å². The number of unbranched alkanes of at least 4 members (excludes halogenated alkanes) is 1. The summed E-state index contributed by atoms with van der Waals surface area (Å²) in [6, 6.07) is 0.325. The molecule has 1 saturated heterocycles. The summed E-state index contributed by atoms with van der Waals surface area (Å²) in [6.45, 7) is 9.53. The van der Waals surface area contributed by atoms with Gasteiger partial charge in [-0.2, -0.15) is 0 Å².